The molecule has 0 saturated carbocycles. The number of amides is 2. The molecule has 7 N–H and O–H groups in total. The van der Waals surface area contributed by atoms with Crippen LogP contribution in [0.4, 0.5) is 10.5 Å². The van der Waals surface area contributed by atoms with E-state index in [1.54, 1.807) is 41.3 Å². The first-order valence-electron chi connectivity index (χ1n) is 15.2. The van der Waals surface area contributed by atoms with Crippen molar-refractivity contribution in [2.45, 2.75) is 72.9 Å². The number of hydrogen-bond donors (Lipinski definition) is 4. The first kappa shape index (κ1) is 30.9. The van der Waals surface area contributed by atoms with Crippen molar-refractivity contribution in [3.63, 3.8) is 0 Å². The van der Waals surface area contributed by atoms with E-state index >= 15 is 0 Å². The number of nitrogen functional groups attached to an aromatic ring is 1. The van der Waals surface area contributed by atoms with Crippen LogP contribution in [-0.2, 0) is 19.9 Å². The van der Waals surface area contributed by atoms with Crippen LogP contribution in [0.2, 0.25) is 0 Å². The molecule has 236 valence electrons. The number of rotatable bonds is 5. The van der Waals surface area contributed by atoms with Crippen LogP contribution in [0.1, 0.15) is 56.2 Å². The highest BCUT2D eigenvalue weighted by molar-refractivity contribution is 8.01. The lowest BCUT2D eigenvalue weighted by Crippen LogP contribution is -2.60. The van der Waals surface area contributed by atoms with Crippen LogP contribution in [0.25, 0.3) is 0 Å². The van der Waals surface area contributed by atoms with Gasteiger partial charge < -0.3 is 36.9 Å². The average molecular weight is 630 g/mol. The summed E-state index contributed by atoms with van der Waals surface area (Å²) in [6.07, 6.45) is 0.829. The summed E-state index contributed by atoms with van der Waals surface area (Å²) in [5, 5.41) is 2.50. The quantitative estimate of drug-likeness (QED) is 0.302. The van der Waals surface area contributed by atoms with Crippen LogP contribution in [0, 0.1) is 0 Å². The number of likely N-dealkylation sites (tertiary alicyclic amines) is 1. The van der Waals surface area contributed by atoms with Gasteiger partial charge >= 0.3 is 6.09 Å². The third kappa shape index (κ3) is 5.76. The van der Waals surface area contributed by atoms with E-state index < -0.39 is 28.3 Å². The molecule has 0 spiro atoms. The minimum Gasteiger partial charge on any atom is -0.457 e. The van der Waals surface area contributed by atoms with Gasteiger partial charge in [-0.3, -0.25) is 9.59 Å². The molecular weight excluding hydrogens is 590 g/mol. The molecular formula is C34H39N5O5S. The van der Waals surface area contributed by atoms with Crippen molar-refractivity contribution in [3.8, 4) is 11.5 Å². The maximum absolute atomic E-state index is 14.1. The molecule has 4 unspecified atom stereocenters. The zero-order valence-corrected chi connectivity index (χ0v) is 26.4. The molecule has 4 atom stereocenters. The summed E-state index contributed by atoms with van der Waals surface area (Å²) < 4.78 is 11.4. The molecule has 2 amide bonds. The van der Waals surface area contributed by atoms with Gasteiger partial charge in [0.2, 0.25) is 5.91 Å². The number of carbonyl (C=O) groups excluding carboxylic acids is 3. The molecule has 11 heteroatoms. The highest BCUT2D eigenvalue weighted by atomic mass is 32.2. The number of anilines is 1. The number of para-hydroxylation sites is 1. The van der Waals surface area contributed by atoms with Crippen molar-refractivity contribution in [2.75, 3.05) is 18.8 Å². The third-order valence-corrected chi connectivity index (χ3v) is 10.1. The Hall–Kier alpha value is -4.06. The molecule has 2 aliphatic heterocycles. The molecule has 10 nitrogen and oxygen atoms in total. The molecule has 1 aliphatic carbocycles. The fourth-order valence-electron chi connectivity index (χ4n) is 6.44. The van der Waals surface area contributed by atoms with Crippen molar-refractivity contribution >= 4 is 35.2 Å². The van der Waals surface area contributed by atoms with E-state index in [0.29, 0.717) is 54.2 Å². The van der Waals surface area contributed by atoms with E-state index in [-0.39, 0.29) is 23.8 Å². The molecule has 0 radical (unpaired) electrons. The number of ether oxygens (including phenoxy) is 2. The minimum absolute atomic E-state index is 0.127. The minimum atomic E-state index is -1.53. The molecule has 2 heterocycles. The molecule has 0 bridgehead atoms. The van der Waals surface area contributed by atoms with Gasteiger partial charge in [0, 0.05) is 35.6 Å². The normalized spacial score (nSPS) is 24.6. The Labute approximate surface area is 267 Å². The second kappa shape index (κ2) is 11.7. The van der Waals surface area contributed by atoms with Crippen molar-refractivity contribution < 1.29 is 23.9 Å². The summed E-state index contributed by atoms with van der Waals surface area (Å²) in [6.45, 7) is 6.45. The number of carbonyl (C=O) groups is 3. The van der Waals surface area contributed by atoms with E-state index in [0.717, 1.165) is 10.5 Å². The SMILES string of the molecule is CC(C)(C)OC(=O)N1CCC(NC(=O)C2Sc3c(N)ccc4c3C2C(N)C(=O)C4(N)c2ccc(Oc3ccccc3)cc2)CC1. The van der Waals surface area contributed by atoms with E-state index in [2.05, 4.69) is 5.32 Å². The van der Waals surface area contributed by atoms with Gasteiger partial charge in [0.1, 0.15) is 22.6 Å². The average Bonchev–Trinajstić information content (AvgIpc) is 3.42. The number of thioether (sulfide) groups is 1. The lowest BCUT2D eigenvalue weighted by Gasteiger charge is -2.41. The Morgan fingerprint density at radius 2 is 1.62 bits per heavy atom. The maximum atomic E-state index is 14.1. The number of nitrogens with two attached hydrogens (primary N) is 3. The Bertz CT molecular complexity index is 1620. The van der Waals surface area contributed by atoms with Crippen molar-refractivity contribution in [1.29, 1.82) is 0 Å². The molecule has 1 fully saturated rings. The van der Waals surface area contributed by atoms with Gasteiger partial charge in [0.15, 0.2) is 5.78 Å². The van der Waals surface area contributed by atoms with Crippen molar-refractivity contribution in [3.05, 3.63) is 83.4 Å². The molecule has 3 aliphatic rings. The molecule has 3 aromatic carbocycles. The highest BCUT2D eigenvalue weighted by Gasteiger charge is 2.56. The Kier molecular flexibility index (Phi) is 8.05. The summed E-state index contributed by atoms with van der Waals surface area (Å²) in [6, 6.07) is 18.9. The van der Waals surface area contributed by atoms with Crippen LogP contribution in [-0.4, -0.2) is 58.7 Å². The highest BCUT2D eigenvalue weighted by Crippen LogP contribution is 2.56. The van der Waals surface area contributed by atoms with Gasteiger partial charge in [-0.05, 0) is 80.6 Å². The van der Waals surface area contributed by atoms with Crippen LogP contribution >= 0.6 is 11.8 Å². The number of ketones is 1. The van der Waals surface area contributed by atoms with E-state index in [1.807, 2.05) is 51.1 Å². The first-order valence-corrected chi connectivity index (χ1v) is 16.0. The summed E-state index contributed by atoms with van der Waals surface area (Å²) in [4.78, 5) is 42.8. The number of hydrogen-bond acceptors (Lipinski definition) is 9. The van der Waals surface area contributed by atoms with Gasteiger partial charge in [0.25, 0.3) is 0 Å². The summed E-state index contributed by atoms with van der Waals surface area (Å²) in [7, 11) is 0. The van der Waals surface area contributed by atoms with Crippen molar-refractivity contribution in [1.82, 2.24) is 10.2 Å². The van der Waals surface area contributed by atoms with Gasteiger partial charge in [-0.25, -0.2) is 4.79 Å². The predicted molar refractivity (Wildman–Crippen MR) is 173 cm³/mol. The Morgan fingerprint density at radius 3 is 2.27 bits per heavy atom. The van der Waals surface area contributed by atoms with Crippen LogP contribution < -0.4 is 27.3 Å². The van der Waals surface area contributed by atoms with E-state index in [1.165, 1.54) is 11.8 Å². The van der Waals surface area contributed by atoms with Gasteiger partial charge in [0.05, 0.1) is 11.3 Å². The smallest absolute Gasteiger partial charge is 0.410 e. The third-order valence-electron chi connectivity index (χ3n) is 8.67. The molecule has 1 saturated heterocycles. The lowest BCUT2D eigenvalue weighted by molar-refractivity contribution is -0.126. The Morgan fingerprint density at radius 1 is 0.978 bits per heavy atom. The van der Waals surface area contributed by atoms with Gasteiger partial charge in [-0.2, -0.15) is 0 Å². The van der Waals surface area contributed by atoms with Crippen molar-refractivity contribution in [2.24, 2.45) is 11.5 Å². The predicted octanol–water partition coefficient (Wildman–Crippen LogP) is 4.25. The number of piperidine rings is 1. The fraction of sp³-hybridized carbons (Fsp3) is 0.382. The van der Waals surface area contributed by atoms with Crippen LogP contribution in [0.3, 0.4) is 0 Å². The second-order valence-corrected chi connectivity index (χ2v) is 14.0. The second-order valence-electron chi connectivity index (χ2n) is 12.9. The lowest BCUT2D eigenvalue weighted by atomic mass is 9.65. The van der Waals surface area contributed by atoms with Gasteiger partial charge in [-0.15, -0.1) is 11.8 Å². The number of nitrogens with zero attached hydrogens (tertiary/aromatic N) is 1. The van der Waals surface area contributed by atoms with Gasteiger partial charge in [-0.1, -0.05) is 36.4 Å². The summed E-state index contributed by atoms with van der Waals surface area (Å²) in [5.74, 6) is 0.134. The van der Waals surface area contributed by atoms with E-state index in [9.17, 15) is 14.4 Å². The Balaban J connectivity index is 1.21. The monoisotopic (exact) mass is 629 g/mol. The molecule has 3 aromatic rings. The van der Waals surface area contributed by atoms with E-state index in [4.69, 9.17) is 26.7 Å². The first-order chi connectivity index (χ1) is 21.4. The number of nitrogens with one attached hydrogen (secondary N) is 1. The fourth-order valence-corrected chi connectivity index (χ4v) is 7.90. The molecule has 45 heavy (non-hydrogen) atoms. The zero-order valence-electron chi connectivity index (χ0n) is 25.6. The largest absolute Gasteiger partial charge is 0.457 e. The van der Waals surface area contributed by atoms with Crippen LogP contribution in [0.5, 0.6) is 11.5 Å². The number of benzene rings is 3. The summed E-state index contributed by atoms with van der Waals surface area (Å²) in [5.41, 5.74) is 20.5. The number of Topliss-reactive ketones (excluding diaryl/α,β-unsaturated/α-hetero) is 1. The molecule has 0 aromatic heterocycles. The maximum Gasteiger partial charge on any atom is 0.410 e. The zero-order chi connectivity index (χ0) is 32.1. The standard InChI is InChI=1S/C34H39N5O5S/c1-33(2,3)44-32(42)39-17-15-20(16-18-39)38-31(41)29-26-25-23(13-14-24(35)28(25)45-29)34(37,30(40)27(26)36)19-9-11-22(12-10-19)43-21-7-5-4-6-8-21/h4-14,20,26-27,29H,15-18,35-37H2,1-3H3,(H,38,41). The topological polar surface area (TPSA) is 163 Å². The summed E-state index contributed by atoms with van der Waals surface area (Å²) >= 11 is 1.33. The van der Waals surface area contributed by atoms with Crippen LogP contribution in [0.15, 0.2) is 71.6 Å². The molecule has 6 rings (SSSR count).